The first kappa shape index (κ1) is 17.9. The van der Waals surface area contributed by atoms with Crippen molar-refractivity contribution in [3.05, 3.63) is 44.4 Å². The zero-order valence-corrected chi connectivity index (χ0v) is 15.3. The van der Waals surface area contributed by atoms with Crippen LogP contribution in [0.3, 0.4) is 0 Å². The van der Waals surface area contributed by atoms with Crippen molar-refractivity contribution in [3.63, 3.8) is 0 Å². The molecule has 2 heterocycles. The molecule has 0 spiro atoms. The van der Waals surface area contributed by atoms with E-state index in [4.69, 9.17) is 0 Å². The molecule has 10 heteroatoms. The molecule has 2 aromatic rings. The Morgan fingerprint density at radius 3 is 2.64 bits per heavy atom. The highest BCUT2D eigenvalue weighted by molar-refractivity contribution is 7.89. The van der Waals surface area contributed by atoms with Gasteiger partial charge in [-0.1, -0.05) is 13.0 Å². The van der Waals surface area contributed by atoms with Crippen LogP contribution in [0.4, 0.5) is 5.69 Å². The van der Waals surface area contributed by atoms with E-state index in [-0.39, 0.29) is 16.5 Å². The summed E-state index contributed by atoms with van der Waals surface area (Å²) >= 11 is 1.58. The molecule has 0 bridgehead atoms. The Morgan fingerprint density at radius 1 is 1.32 bits per heavy atom. The van der Waals surface area contributed by atoms with Crippen molar-refractivity contribution in [1.29, 1.82) is 0 Å². The second-order valence-electron chi connectivity index (χ2n) is 5.82. The first-order chi connectivity index (χ1) is 11.9. The molecule has 0 aliphatic carbocycles. The van der Waals surface area contributed by atoms with Gasteiger partial charge in [0.15, 0.2) is 0 Å². The van der Waals surface area contributed by atoms with E-state index in [0.29, 0.717) is 25.9 Å². The van der Waals surface area contributed by atoms with Crippen LogP contribution in [0.5, 0.6) is 0 Å². The first-order valence-corrected chi connectivity index (χ1v) is 10.2. The van der Waals surface area contributed by atoms with E-state index < -0.39 is 14.9 Å². The lowest BCUT2D eigenvalue weighted by Gasteiger charge is -2.30. The molecule has 0 atom stereocenters. The zero-order chi connectivity index (χ0) is 18.0. The van der Waals surface area contributed by atoms with Crippen LogP contribution < -0.4 is 0 Å². The summed E-state index contributed by atoms with van der Waals surface area (Å²) in [5.74, 6) is 0.217. The molecule has 0 saturated carbocycles. The van der Waals surface area contributed by atoms with Gasteiger partial charge in [-0.15, -0.1) is 21.5 Å². The van der Waals surface area contributed by atoms with Crippen LogP contribution in [0.25, 0.3) is 0 Å². The van der Waals surface area contributed by atoms with E-state index in [1.54, 1.807) is 11.3 Å². The van der Waals surface area contributed by atoms with Gasteiger partial charge in [0.2, 0.25) is 10.0 Å². The molecule has 0 N–H and O–H groups in total. The van der Waals surface area contributed by atoms with E-state index in [1.807, 2.05) is 6.92 Å². The van der Waals surface area contributed by atoms with E-state index >= 15 is 0 Å². The molecule has 0 unspecified atom stereocenters. The maximum Gasteiger partial charge on any atom is 0.270 e. The minimum absolute atomic E-state index is 0.0377. The Balaban J connectivity index is 1.73. The standard InChI is InChI=1S/C15H18N4O4S2/c1-2-14-16-17-15(24-14)11-6-8-18(9-7-11)25(22,23)13-5-3-4-12(10-13)19(20)21/h3-5,10-11H,2,6-9H2,1H3. The number of aryl methyl sites for hydroxylation is 1. The van der Waals surface area contributed by atoms with Gasteiger partial charge in [-0.3, -0.25) is 10.1 Å². The Morgan fingerprint density at radius 2 is 2.04 bits per heavy atom. The third-order valence-corrected chi connectivity index (χ3v) is 7.38. The van der Waals surface area contributed by atoms with Crippen LogP contribution in [-0.4, -0.2) is 40.9 Å². The van der Waals surface area contributed by atoms with Crippen LogP contribution in [-0.2, 0) is 16.4 Å². The number of piperidine rings is 1. The molecule has 134 valence electrons. The van der Waals surface area contributed by atoms with Gasteiger partial charge in [0.05, 0.1) is 9.82 Å². The van der Waals surface area contributed by atoms with Crippen LogP contribution >= 0.6 is 11.3 Å². The van der Waals surface area contributed by atoms with Gasteiger partial charge >= 0.3 is 0 Å². The average molecular weight is 382 g/mol. The predicted octanol–water partition coefficient (Wildman–Crippen LogP) is 2.58. The smallest absolute Gasteiger partial charge is 0.258 e. The molecule has 1 aliphatic heterocycles. The Kier molecular flexibility index (Phi) is 5.11. The van der Waals surface area contributed by atoms with Gasteiger partial charge in [0.25, 0.3) is 5.69 Å². The third kappa shape index (κ3) is 3.70. The number of rotatable bonds is 5. The average Bonchev–Trinajstić information content (AvgIpc) is 3.11. The molecule has 1 saturated heterocycles. The third-order valence-electron chi connectivity index (χ3n) is 4.25. The summed E-state index contributed by atoms with van der Waals surface area (Å²) in [5, 5.41) is 21.2. The van der Waals surface area contributed by atoms with Crippen molar-refractivity contribution < 1.29 is 13.3 Å². The van der Waals surface area contributed by atoms with Gasteiger partial charge in [-0.05, 0) is 25.3 Å². The number of sulfonamides is 1. The number of hydrogen-bond donors (Lipinski definition) is 0. The van der Waals surface area contributed by atoms with Crippen LogP contribution in [0.1, 0.15) is 35.7 Å². The number of non-ortho nitro benzene ring substituents is 1. The van der Waals surface area contributed by atoms with Crippen molar-refractivity contribution >= 4 is 27.0 Å². The lowest BCUT2D eigenvalue weighted by atomic mass is 9.99. The van der Waals surface area contributed by atoms with Gasteiger partial charge in [-0.2, -0.15) is 4.31 Å². The zero-order valence-electron chi connectivity index (χ0n) is 13.7. The maximum absolute atomic E-state index is 12.7. The number of aromatic nitrogens is 2. The highest BCUT2D eigenvalue weighted by Gasteiger charge is 2.31. The predicted molar refractivity (Wildman–Crippen MR) is 93.1 cm³/mol. The van der Waals surface area contributed by atoms with Crippen molar-refractivity contribution in [3.8, 4) is 0 Å². The minimum Gasteiger partial charge on any atom is -0.258 e. The van der Waals surface area contributed by atoms with Crippen LogP contribution in [0, 0.1) is 10.1 Å². The summed E-state index contributed by atoms with van der Waals surface area (Å²) in [4.78, 5) is 10.2. The van der Waals surface area contributed by atoms with Gasteiger partial charge in [0, 0.05) is 31.1 Å². The van der Waals surface area contributed by atoms with E-state index in [0.717, 1.165) is 22.5 Å². The van der Waals surface area contributed by atoms with Crippen molar-refractivity contribution in [2.24, 2.45) is 0 Å². The summed E-state index contributed by atoms with van der Waals surface area (Å²) < 4.78 is 26.9. The largest absolute Gasteiger partial charge is 0.270 e. The van der Waals surface area contributed by atoms with E-state index in [9.17, 15) is 18.5 Å². The van der Waals surface area contributed by atoms with Crippen molar-refractivity contribution in [1.82, 2.24) is 14.5 Å². The van der Waals surface area contributed by atoms with Crippen molar-refractivity contribution in [2.75, 3.05) is 13.1 Å². The molecule has 1 fully saturated rings. The lowest BCUT2D eigenvalue weighted by molar-refractivity contribution is -0.385. The second-order valence-corrected chi connectivity index (χ2v) is 8.85. The van der Waals surface area contributed by atoms with Crippen LogP contribution in [0.15, 0.2) is 29.2 Å². The number of nitrogens with zero attached hydrogens (tertiary/aromatic N) is 4. The number of nitro benzene ring substituents is 1. The molecule has 0 amide bonds. The summed E-state index contributed by atoms with van der Waals surface area (Å²) in [5.41, 5.74) is -0.225. The SMILES string of the molecule is CCc1nnc(C2CCN(S(=O)(=O)c3cccc([N+](=O)[O-])c3)CC2)s1. The normalized spacial score (nSPS) is 16.8. The monoisotopic (exact) mass is 382 g/mol. The molecule has 1 aliphatic rings. The number of nitro groups is 1. The van der Waals surface area contributed by atoms with E-state index in [1.165, 1.54) is 22.5 Å². The molecule has 25 heavy (non-hydrogen) atoms. The quantitative estimate of drug-likeness (QED) is 0.581. The highest BCUT2D eigenvalue weighted by atomic mass is 32.2. The molecule has 8 nitrogen and oxygen atoms in total. The fraction of sp³-hybridized carbons (Fsp3) is 0.467. The Labute approximate surface area is 149 Å². The van der Waals surface area contributed by atoms with Crippen LogP contribution in [0.2, 0.25) is 0 Å². The molecule has 1 aromatic heterocycles. The van der Waals surface area contributed by atoms with E-state index in [2.05, 4.69) is 10.2 Å². The Hall–Kier alpha value is -1.91. The van der Waals surface area contributed by atoms with Gasteiger partial charge in [0.1, 0.15) is 10.0 Å². The summed E-state index contributed by atoms with van der Waals surface area (Å²) in [6.07, 6.45) is 2.19. The molecular weight excluding hydrogens is 364 g/mol. The molecular formula is C15H18N4O4S2. The second kappa shape index (κ2) is 7.14. The fourth-order valence-electron chi connectivity index (χ4n) is 2.82. The molecule has 3 rings (SSSR count). The van der Waals surface area contributed by atoms with Gasteiger partial charge in [-0.25, -0.2) is 8.42 Å². The van der Waals surface area contributed by atoms with Gasteiger partial charge < -0.3 is 0 Å². The lowest BCUT2D eigenvalue weighted by Crippen LogP contribution is -2.37. The number of hydrogen-bond acceptors (Lipinski definition) is 7. The molecule has 1 aromatic carbocycles. The summed E-state index contributed by atoms with van der Waals surface area (Å²) in [7, 11) is -3.73. The number of benzene rings is 1. The summed E-state index contributed by atoms with van der Waals surface area (Å²) in [6, 6.07) is 5.18. The minimum atomic E-state index is -3.73. The molecule has 0 radical (unpaired) electrons. The summed E-state index contributed by atoms with van der Waals surface area (Å²) in [6.45, 7) is 2.77. The fourth-order valence-corrected chi connectivity index (χ4v) is 5.29. The maximum atomic E-state index is 12.7. The Bertz CT molecular complexity index is 873. The highest BCUT2D eigenvalue weighted by Crippen LogP contribution is 2.32. The van der Waals surface area contributed by atoms with Crippen molar-refractivity contribution in [2.45, 2.75) is 37.0 Å². The first-order valence-electron chi connectivity index (χ1n) is 7.98. The topological polar surface area (TPSA) is 106 Å².